The van der Waals surface area contributed by atoms with E-state index in [1.807, 2.05) is 0 Å². The van der Waals surface area contributed by atoms with E-state index in [0.29, 0.717) is 5.56 Å². The average Bonchev–Trinajstić information content (AvgIpc) is 2.56. The molecule has 2 aromatic carbocycles. The van der Waals surface area contributed by atoms with E-state index < -0.39 is 5.66 Å². The average molecular weight is 291 g/mol. The Hall–Kier alpha value is -3.42. The third-order valence-electron chi connectivity index (χ3n) is 3.04. The third-order valence-corrected chi connectivity index (χ3v) is 3.04. The number of rotatable bonds is 5. The van der Waals surface area contributed by atoms with Crippen molar-refractivity contribution in [2.75, 3.05) is 0 Å². The molecule has 0 saturated heterocycles. The van der Waals surface area contributed by atoms with Gasteiger partial charge >= 0.3 is 0 Å². The van der Waals surface area contributed by atoms with Crippen LogP contribution in [0.2, 0.25) is 0 Å². The fourth-order valence-electron chi connectivity index (χ4n) is 2.15. The smallest absolute Gasteiger partial charge is 0.211 e. The predicted molar refractivity (Wildman–Crippen MR) is 77.7 cm³/mol. The monoisotopic (exact) mass is 291 g/mol. The lowest BCUT2D eigenvalue weighted by Gasteiger charge is -2.24. The zero-order valence-corrected chi connectivity index (χ0v) is 11.3. The predicted octanol–water partition coefficient (Wildman–Crippen LogP) is 2.53. The van der Waals surface area contributed by atoms with Crippen molar-refractivity contribution in [1.29, 1.82) is 0 Å². The molecule has 0 aliphatic carbocycles. The van der Waals surface area contributed by atoms with Crippen LogP contribution in [0.5, 0.6) is 0 Å². The van der Waals surface area contributed by atoms with Crippen molar-refractivity contribution in [2.24, 2.45) is 15.0 Å². The van der Waals surface area contributed by atoms with Crippen LogP contribution < -0.4 is 0 Å². The van der Waals surface area contributed by atoms with Gasteiger partial charge in [-0.25, -0.2) is 14.4 Å². The number of isocyanates is 3. The lowest BCUT2D eigenvalue weighted by atomic mass is 9.91. The molecule has 0 aliphatic rings. The van der Waals surface area contributed by atoms with Crippen LogP contribution in [0, 0.1) is 0 Å². The summed E-state index contributed by atoms with van der Waals surface area (Å²) in [5.41, 5.74) is -0.785. The van der Waals surface area contributed by atoms with E-state index >= 15 is 0 Å². The summed E-state index contributed by atoms with van der Waals surface area (Å²) in [5, 5.41) is 0. The van der Waals surface area contributed by atoms with Crippen molar-refractivity contribution in [3.8, 4) is 0 Å². The Morgan fingerprint density at radius 3 is 1.91 bits per heavy atom. The summed E-state index contributed by atoms with van der Waals surface area (Å²) in [6.07, 6.45) is 4.27. The second-order valence-corrected chi connectivity index (χ2v) is 4.16. The molecule has 0 N–H and O–H groups in total. The number of carbonyl (C=O) groups excluding carboxylic acids is 3. The lowest BCUT2D eigenvalue weighted by molar-refractivity contribution is 0.517. The molecule has 2 rings (SSSR count). The maximum atomic E-state index is 10.9. The third kappa shape index (κ3) is 2.70. The van der Waals surface area contributed by atoms with Crippen molar-refractivity contribution in [3.05, 3.63) is 65.7 Å². The van der Waals surface area contributed by atoms with Crippen LogP contribution >= 0.6 is 0 Å². The Labute approximate surface area is 125 Å². The van der Waals surface area contributed by atoms with Gasteiger partial charge in [0, 0.05) is 11.1 Å². The largest absolute Gasteiger partial charge is 0.240 e. The first-order chi connectivity index (χ1) is 10.8. The number of nitrogens with zero attached hydrogens (tertiary/aromatic N) is 3. The van der Waals surface area contributed by atoms with Crippen LogP contribution in [0.1, 0.15) is 11.1 Å². The molecule has 0 amide bonds. The minimum Gasteiger partial charge on any atom is -0.211 e. The fraction of sp³-hybridized carbons (Fsp3) is 0.0625. The number of hydrogen-bond acceptors (Lipinski definition) is 6. The second-order valence-electron chi connectivity index (χ2n) is 4.16. The maximum Gasteiger partial charge on any atom is 0.240 e. The topological polar surface area (TPSA) is 88.3 Å². The molecule has 0 radical (unpaired) electrons. The summed E-state index contributed by atoms with van der Waals surface area (Å²) in [4.78, 5) is 43.4. The van der Waals surface area contributed by atoms with Crippen LogP contribution in [0.4, 0.5) is 5.69 Å². The van der Waals surface area contributed by atoms with Crippen molar-refractivity contribution in [3.63, 3.8) is 0 Å². The standard InChI is InChI=1S/C16H9N3O3/c20-10-17-15-9-5-4-8-14(15)16(18-11-21,19-12-22)13-6-2-1-3-7-13/h1-9H. The van der Waals surface area contributed by atoms with Crippen LogP contribution in [0.15, 0.2) is 69.6 Å². The quantitative estimate of drug-likeness (QED) is 0.626. The molecule has 0 bridgehead atoms. The SMILES string of the molecule is O=C=Nc1ccccc1C(N=C=O)(N=C=O)c1ccccc1. The van der Waals surface area contributed by atoms with Gasteiger partial charge in [0.1, 0.15) is 0 Å². The summed E-state index contributed by atoms with van der Waals surface area (Å²) in [6, 6.07) is 14.8. The molecule has 0 aliphatic heterocycles. The first kappa shape index (κ1) is 15.0. The molecule has 0 atom stereocenters. The zero-order chi connectivity index (χ0) is 15.8. The van der Waals surface area contributed by atoms with Gasteiger partial charge in [0.2, 0.25) is 23.9 Å². The number of benzene rings is 2. The van der Waals surface area contributed by atoms with E-state index in [9.17, 15) is 14.4 Å². The van der Waals surface area contributed by atoms with Gasteiger partial charge in [0.25, 0.3) is 0 Å². The van der Waals surface area contributed by atoms with E-state index in [4.69, 9.17) is 0 Å². The summed E-state index contributed by atoms with van der Waals surface area (Å²) >= 11 is 0. The summed E-state index contributed by atoms with van der Waals surface area (Å²) in [5.74, 6) is 0. The molecule has 0 unspecified atom stereocenters. The maximum absolute atomic E-state index is 10.9. The Bertz CT molecular complexity index is 796. The second kappa shape index (κ2) is 6.84. The van der Waals surface area contributed by atoms with E-state index in [1.54, 1.807) is 48.5 Å². The van der Waals surface area contributed by atoms with Crippen LogP contribution in [0.25, 0.3) is 0 Å². The minimum absolute atomic E-state index is 0.194. The fourth-order valence-corrected chi connectivity index (χ4v) is 2.15. The Morgan fingerprint density at radius 1 is 0.727 bits per heavy atom. The van der Waals surface area contributed by atoms with E-state index in [1.165, 1.54) is 24.3 Å². The summed E-state index contributed by atoms with van der Waals surface area (Å²) in [6.45, 7) is 0. The highest BCUT2D eigenvalue weighted by molar-refractivity contribution is 5.61. The molecule has 0 fully saturated rings. The molecular weight excluding hydrogens is 282 g/mol. The van der Waals surface area contributed by atoms with Crippen molar-refractivity contribution >= 4 is 23.9 Å². The molecule has 0 spiro atoms. The first-order valence-corrected chi connectivity index (χ1v) is 6.19. The van der Waals surface area contributed by atoms with Crippen LogP contribution in [0.3, 0.4) is 0 Å². The van der Waals surface area contributed by atoms with E-state index in [2.05, 4.69) is 15.0 Å². The van der Waals surface area contributed by atoms with Gasteiger partial charge in [-0.1, -0.05) is 48.5 Å². The normalized spacial score (nSPS) is 12.0. The molecule has 22 heavy (non-hydrogen) atoms. The molecule has 6 heteroatoms. The van der Waals surface area contributed by atoms with Crippen molar-refractivity contribution in [2.45, 2.75) is 5.66 Å². The highest BCUT2D eigenvalue weighted by Gasteiger charge is 2.36. The van der Waals surface area contributed by atoms with Crippen LogP contribution in [-0.4, -0.2) is 18.2 Å². The Kier molecular flexibility index (Phi) is 4.66. The Balaban J connectivity index is 2.88. The van der Waals surface area contributed by atoms with Gasteiger partial charge in [0.15, 0.2) is 0 Å². The molecular formula is C16H9N3O3. The molecule has 0 heterocycles. The molecule has 2 aromatic rings. The molecule has 6 nitrogen and oxygen atoms in total. The highest BCUT2D eigenvalue weighted by atomic mass is 16.1. The molecule has 0 saturated carbocycles. The van der Waals surface area contributed by atoms with Gasteiger partial charge in [-0.15, -0.1) is 0 Å². The van der Waals surface area contributed by atoms with E-state index in [0.717, 1.165) is 0 Å². The molecule has 0 aromatic heterocycles. The Morgan fingerprint density at radius 2 is 1.32 bits per heavy atom. The van der Waals surface area contributed by atoms with Gasteiger partial charge in [-0.05, 0) is 6.07 Å². The summed E-state index contributed by atoms with van der Waals surface area (Å²) < 4.78 is 0. The van der Waals surface area contributed by atoms with Gasteiger partial charge in [0.05, 0.1) is 5.69 Å². The highest BCUT2D eigenvalue weighted by Crippen LogP contribution is 2.39. The van der Waals surface area contributed by atoms with Crippen LogP contribution in [-0.2, 0) is 20.0 Å². The van der Waals surface area contributed by atoms with Crippen molar-refractivity contribution in [1.82, 2.24) is 0 Å². The summed E-state index contributed by atoms with van der Waals surface area (Å²) in [7, 11) is 0. The van der Waals surface area contributed by atoms with E-state index in [-0.39, 0.29) is 11.3 Å². The van der Waals surface area contributed by atoms with Gasteiger partial charge < -0.3 is 0 Å². The minimum atomic E-state index is -1.69. The van der Waals surface area contributed by atoms with Crippen molar-refractivity contribution < 1.29 is 14.4 Å². The number of hydrogen-bond donors (Lipinski definition) is 0. The van der Waals surface area contributed by atoms with Gasteiger partial charge in [-0.2, -0.15) is 15.0 Å². The lowest BCUT2D eigenvalue weighted by Crippen LogP contribution is -2.23. The molecule has 106 valence electrons. The van der Waals surface area contributed by atoms with Gasteiger partial charge in [-0.3, -0.25) is 0 Å². The number of para-hydroxylation sites is 1. The first-order valence-electron chi connectivity index (χ1n) is 6.19. The number of aliphatic imine (C=N–C) groups is 3. The zero-order valence-electron chi connectivity index (χ0n) is 11.3.